The lowest BCUT2D eigenvalue weighted by molar-refractivity contribution is -0.121. The molecule has 0 fully saturated rings. The number of hydrogen-bond acceptors (Lipinski definition) is 2. The van der Waals surface area contributed by atoms with E-state index in [1.54, 1.807) is 30.3 Å². The van der Waals surface area contributed by atoms with E-state index in [2.05, 4.69) is 30.3 Å². The van der Waals surface area contributed by atoms with Gasteiger partial charge in [0.2, 0.25) is 5.91 Å². The lowest BCUT2D eigenvalue weighted by atomic mass is 10.0. The Morgan fingerprint density at radius 1 is 1.11 bits per heavy atom. The average Bonchev–Trinajstić information content (AvgIpc) is 2.67. The maximum absolute atomic E-state index is 12.8. The number of rotatable bonds is 5. The highest BCUT2D eigenvalue weighted by atomic mass is 16.2. The van der Waals surface area contributed by atoms with E-state index in [4.69, 9.17) is 6.42 Å². The van der Waals surface area contributed by atoms with Crippen molar-refractivity contribution in [3.63, 3.8) is 0 Å². The molecule has 0 unspecified atom stereocenters. The second-order valence-corrected chi connectivity index (χ2v) is 6.42. The average molecular weight is 360 g/mol. The fraction of sp³-hybridized carbons (Fsp3) is 0.217. The number of nitrogens with one attached hydrogen (secondary N) is 1. The zero-order chi connectivity index (χ0) is 20.0. The number of carbonyl (C=O) groups excluding carboxylic acids is 2. The first-order chi connectivity index (χ1) is 12.8. The highest BCUT2D eigenvalue weighted by Gasteiger charge is 2.17. The van der Waals surface area contributed by atoms with Gasteiger partial charge in [-0.1, -0.05) is 24.1 Å². The van der Waals surface area contributed by atoms with Crippen molar-refractivity contribution in [2.75, 3.05) is 18.5 Å². The summed E-state index contributed by atoms with van der Waals surface area (Å²) in [6, 6.07) is 11.2. The van der Waals surface area contributed by atoms with Crippen LogP contribution in [0.25, 0.3) is 6.08 Å². The zero-order valence-corrected chi connectivity index (χ0v) is 16.2. The van der Waals surface area contributed by atoms with Crippen LogP contribution in [0.4, 0.5) is 5.69 Å². The molecule has 2 aromatic carbocycles. The summed E-state index contributed by atoms with van der Waals surface area (Å²) in [5, 5.41) is 2.55. The van der Waals surface area contributed by atoms with E-state index in [1.807, 2.05) is 13.8 Å². The summed E-state index contributed by atoms with van der Waals surface area (Å²) in [6.07, 6.45) is 8.73. The number of nitrogens with zero attached hydrogens (tertiary/aromatic N) is 1. The van der Waals surface area contributed by atoms with Crippen molar-refractivity contribution in [2.45, 2.75) is 20.8 Å². The molecule has 0 aliphatic rings. The molecule has 0 aliphatic heterocycles. The number of aryl methyl sites for hydroxylation is 3. The predicted octanol–water partition coefficient (Wildman–Crippen LogP) is 3.39. The maximum atomic E-state index is 12.8. The van der Waals surface area contributed by atoms with E-state index in [9.17, 15) is 9.59 Å². The second-order valence-electron chi connectivity index (χ2n) is 6.42. The summed E-state index contributed by atoms with van der Waals surface area (Å²) in [5.74, 6) is 2.00. The van der Waals surface area contributed by atoms with E-state index in [0.29, 0.717) is 11.3 Å². The number of carbonyl (C=O) groups is 2. The standard InChI is InChI=1S/C23H24N2O2/c1-6-19-8-7-9-21(14-19)25(15-22(26)24-5)23(27)11-10-20-13-17(3)16(2)12-18(20)4/h1,7-14H,15H2,2-5H3,(H,24,26)/b11-10+. The molecule has 138 valence electrons. The van der Waals surface area contributed by atoms with Crippen LogP contribution in [0, 0.1) is 33.1 Å². The van der Waals surface area contributed by atoms with Crippen LogP contribution < -0.4 is 10.2 Å². The number of amides is 2. The fourth-order valence-corrected chi connectivity index (χ4v) is 2.70. The van der Waals surface area contributed by atoms with E-state index < -0.39 is 0 Å². The van der Waals surface area contributed by atoms with Crippen molar-refractivity contribution >= 4 is 23.6 Å². The van der Waals surface area contributed by atoms with Gasteiger partial charge in [-0.15, -0.1) is 6.42 Å². The number of hydrogen-bond donors (Lipinski definition) is 1. The molecule has 2 aromatic rings. The highest BCUT2D eigenvalue weighted by molar-refractivity contribution is 6.06. The smallest absolute Gasteiger partial charge is 0.251 e. The third-order valence-corrected chi connectivity index (χ3v) is 4.46. The predicted molar refractivity (Wildman–Crippen MR) is 110 cm³/mol. The molecular formula is C23H24N2O2. The number of likely N-dealkylation sites (N-methyl/N-ethyl adjacent to an activating group) is 1. The van der Waals surface area contributed by atoms with Crippen molar-refractivity contribution in [2.24, 2.45) is 0 Å². The Balaban J connectivity index is 2.35. The topological polar surface area (TPSA) is 49.4 Å². The molecule has 0 radical (unpaired) electrons. The van der Waals surface area contributed by atoms with Gasteiger partial charge in [-0.3, -0.25) is 14.5 Å². The summed E-state index contributed by atoms with van der Waals surface area (Å²) >= 11 is 0. The molecule has 2 amide bonds. The molecule has 0 aliphatic carbocycles. The van der Waals surface area contributed by atoms with Gasteiger partial charge in [0.1, 0.15) is 6.54 Å². The maximum Gasteiger partial charge on any atom is 0.251 e. The first kappa shape index (κ1) is 20.0. The van der Waals surface area contributed by atoms with Crippen LogP contribution in [-0.4, -0.2) is 25.4 Å². The van der Waals surface area contributed by atoms with Gasteiger partial charge in [-0.25, -0.2) is 0 Å². The molecule has 0 atom stereocenters. The van der Waals surface area contributed by atoms with Crippen LogP contribution >= 0.6 is 0 Å². The Bertz CT molecular complexity index is 936. The Labute approximate surface area is 160 Å². The summed E-state index contributed by atoms with van der Waals surface area (Å²) in [5.41, 5.74) is 5.68. The van der Waals surface area contributed by atoms with Gasteiger partial charge in [0.25, 0.3) is 5.91 Å². The largest absolute Gasteiger partial charge is 0.358 e. The molecule has 0 aromatic heterocycles. The number of benzene rings is 2. The minimum absolute atomic E-state index is 0.0837. The van der Waals surface area contributed by atoms with Crippen LogP contribution in [0.5, 0.6) is 0 Å². The van der Waals surface area contributed by atoms with Gasteiger partial charge in [0.15, 0.2) is 0 Å². The van der Waals surface area contributed by atoms with Crippen molar-refractivity contribution in [1.82, 2.24) is 5.32 Å². The zero-order valence-electron chi connectivity index (χ0n) is 16.2. The van der Waals surface area contributed by atoms with Crippen molar-refractivity contribution in [1.29, 1.82) is 0 Å². The van der Waals surface area contributed by atoms with Crippen LogP contribution in [0.1, 0.15) is 27.8 Å². The minimum Gasteiger partial charge on any atom is -0.358 e. The lowest BCUT2D eigenvalue weighted by Crippen LogP contribution is -2.39. The Morgan fingerprint density at radius 2 is 1.81 bits per heavy atom. The van der Waals surface area contributed by atoms with Crippen molar-refractivity contribution < 1.29 is 9.59 Å². The molecular weight excluding hydrogens is 336 g/mol. The van der Waals surface area contributed by atoms with Crippen LogP contribution in [0.3, 0.4) is 0 Å². The third-order valence-electron chi connectivity index (χ3n) is 4.46. The summed E-state index contributed by atoms with van der Waals surface area (Å²) in [7, 11) is 1.54. The summed E-state index contributed by atoms with van der Waals surface area (Å²) < 4.78 is 0. The van der Waals surface area contributed by atoms with Gasteiger partial charge >= 0.3 is 0 Å². The monoisotopic (exact) mass is 360 g/mol. The molecule has 27 heavy (non-hydrogen) atoms. The normalized spacial score (nSPS) is 10.5. The van der Waals surface area contributed by atoms with E-state index in [1.165, 1.54) is 23.6 Å². The Morgan fingerprint density at radius 3 is 2.48 bits per heavy atom. The SMILES string of the molecule is C#Cc1cccc(N(CC(=O)NC)C(=O)/C=C/c2cc(C)c(C)cc2C)c1. The van der Waals surface area contributed by atoms with E-state index >= 15 is 0 Å². The first-order valence-electron chi connectivity index (χ1n) is 8.70. The van der Waals surface area contributed by atoms with Crippen molar-refractivity contribution in [3.05, 3.63) is 70.3 Å². The van der Waals surface area contributed by atoms with E-state index in [-0.39, 0.29) is 18.4 Å². The molecule has 4 heteroatoms. The number of anilines is 1. The molecule has 4 nitrogen and oxygen atoms in total. The molecule has 1 N–H and O–H groups in total. The minimum atomic E-state index is -0.287. The van der Waals surface area contributed by atoms with Crippen molar-refractivity contribution in [3.8, 4) is 12.3 Å². The summed E-state index contributed by atoms with van der Waals surface area (Å²) in [4.78, 5) is 26.1. The van der Waals surface area contributed by atoms with E-state index in [0.717, 1.165) is 16.7 Å². The molecule has 0 spiro atoms. The van der Waals surface area contributed by atoms with Gasteiger partial charge in [0, 0.05) is 24.4 Å². The van der Waals surface area contributed by atoms with Gasteiger partial charge in [-0.05, 0) is 67.3 Å². The fourth-order valence-electron chi connectivity index (χ4n) is 2.70. The Kier molecular flexibility index (Phi) is 6.56. The highest BCUT2D eigenvalue weighted by Crippen LogP contribution is 2.19. The van der Waals surface area contributed by atoms with Gasteiger partial charge in [-0.2, -0.15) is 0 Å². The first-order valence-corrected chi connectivity index (χ1v) is 8.70. The van der Waals surface area contributed by atoms with Gasteiger partial charge < -0.3 is 5.32 Å². The quantitative estimate of drug-likeness (QED) is 0.656. The molecule has 0 heterocycles. The third kappa shape index (κ3) is 5.08. The second kappa shape index (κ2) is 8.86. The van der Waals surface area contributed by atoms with Crippen LogP contribution in [0.15, 0.2) is 42.5 Å². The Hall–Kier alpha value is -3.32. The molecule has 2 rings (SSSR count). The molecule has 0 bridgehead atoms. The molecule has 0 saturated carbocycles. The van der Waals surface area contributed by atoms with Crippen LogP contribution in [0.2, 0.25) is 0 Å². The lowest BCUT2D eigenvalue weighted by Gasteiger charge is -2.21. The summed E-state index contributed by atoms with van der Waals surface area (Å²) in [6.45, 7) is 6.02. The van der Waals surface area contributed by atoms with Crippen LogP contribution in [-0.2, 0) is 9.59 Å². The number of terminal acetylenes is 1. The molecule has 0 saturated heterocycles. The van der Waals surface area contributed by atoms with Gasteiger partial charge in [0.05, 0.1) is 0 Å².